The molecule has 0 radical (unpaired) electrons. The molecule has 27 heavy (non-hydrogen) atoms. The Morgan fingerprint density at radius 3 is 2.67 bits per heavy atom. The number of esters is 1. The lowest BCUT2D eigenvalue weighted by molar-refractivity contribution is -0.145. The van der Waals surface area contributed by atoms with Gasteiger partial charge in [0.2, 0.25) is 0 Å². The van der Waals surface area contributed by atoms with Crippen LogP contribution in [0.15, 0.2) is 53.3 Å². The molecule has 4 aromatic rings. The number of benzene rings is 2. The smallest absolute Gasteiger partial charge is 0.306 e. The summed E-state index contributed by atoms with van der Waals surface area (Å²) in [6.07, 6.45) is 1.70. The molecule has 0 aliphatic heterocycles. The fourth-order valence-corrected chi connectivity index (χ4v) is 3.84. The molecule has 1 N–H and O–H groups in total. The van der Waals surface area contributed by atoms with Crippen LogP contribution in [-0.2, 0) is 22.6 Å². The number of rotatable bonds is 6. The highest BCUT2D eigenvalue weighted by molar-refractivity contribution is 7.18. The van der Waals surface area contributed by atoms with E-state index < -0.39 is 0 Å². The lowest BCUT2D eigenvalue weighted by Crippen LogP contribution is -2.14. The lowest BCUT2D eigenvalue weighted by Gasteiger charge is -2.05. The fraction of sp³-hybridized carbons (Fsp3) is 0.200. The van der Waals surface area contributed by atoms with Gasteiger partial charge in [0.25, 0.3) is 5.56 Å². The summed E-state index contributed by atoms with van der Waals surface area (Å²) in [7, 11) is 0. The van der Waals surface area contributed by atoms with Crippen LogP contribution >= 0.6 is 11.3 Å². The fourth-order valence-electron chi connectivity index (χ4n) is 2.84. The standard InChI is InChI=1S/C20H17N3O3S/c24-19(11-5-10-18-22-15-8-3-4-9-16(15)27-18)26-12-17-21-14-7-2-1-6-13(14)20(25)23-17/h1-4,6-9H,5,10-12H2,(H,21,23,25). The van der Waals surface area contributed by atoms with Gasteiger partial charge >= 0.3 is 5.97 Å². The Morgan fingerprint density at radius 1 is 1.04 bits per heavy atom. The minimum atomic E-state index is -0.313. The van der Waals surface area contributed by atoms with Crippen molar-refractivity contribution in [2.45, 2.75) is 25.9 Å². The summed E-state index contributed by atoms with van der Waals surface area (Å²) >= 11 is 1.65. The first-order valence-electron chi connectivity index (χ1n) is 8.67. The molecule has 0 bridgehead atoms. The van der Waals surface area contributed by atoms with Crippen molar-refractivity contribution in [1.29, 1.82) is 0 Å². The van der Waals surface area contributed by atoms with Gasteiger partial charge in [-0.05, 0) is 37.1 Å². The van der Waals surface area contributed by atoms with Crippen LogP contribution in [0.5, 0.6) is 0 Å². The number of aryl methyl sites for hydroxylation is 1. The van der Waals surface area contributed by atoms with Gasteiger partial charge in [-0.1, -0.05) is 24.3 Å². The van der Waals surface area contributed by atoms with E-state index in [0.29, 0.717) is 29.6 Å². The number of para-hydroxylation sites is 2. The molecule has 136 valence electrons. The summed E-state index contributed by atoms with van der Waals surface area (Å²) in [4.78, 5) is 35.5. The summed E-state index contributed by atoms with van der Waals surface area (Å²) in [5.41, 5.74) is 1.34. The largest absolute Gasteiger partial charge is 0.458 e. The minimum absolute atomic E-state index is 0.0416. The number of hydrogen-bond acceptors (Lipinski definition) is 6. The summed E-state index contributed by atoms with van der Waals surface area (Å²) in [6, 6.07) is 15.0. The molecule has 0 aliphatic carbocycles. The predicted molar refractivity (Wildman–Crippen MR) is 105 cm³/mol. The number of hydrogen-bond donors (Lipinski definition) is 1. The molecule has 0 atom stereocenters. The Bertz CT molecular complexity index is 1130. The summed E-state index contributed by atoms with van der Waals surface area (Å²) < 4.78 is 6.39. The number of carbonyl (C=O) groups is 1. The van der Waals surface area contributed by atoms with E-state index in [9.17, 15) is 9.59 Å². The molecule has 0 unspecified atom stereocenters. The van der Waals surface area contributed by atoms with Crippen LogP contribution in [0.2, 0.25) is 0 Å². The number of aromatic amines is 1. The highest BCUT2D eigenvalue weighted by Gasteiger charge is 2.09. The van der Waals surface area contributed by atoms with E-state index in [4.69, 9.17) is 4.74 Å². The molecule has 6 nitrogen and oxygen atoms in total. The van der Waals surface area contributed by atoms with Gasteiger partial charge in [-0.3, -0.25) is 9.59 Å². The maximum Gasteiger partial charge on any atom is 0.306 e. The van der Waals surface area contributed by atoms with Gasteiger partial charge in [-0.2, -0.15) is 0 Å². The van der Waals surface area contributed by atoms with Crippen molar-refractivity contribution in [2.75, 3.05) is 0 Å². The van der Waals surface area contributed by atoms with E-state index in [2.05, 4.69) is 15.0 Å². The van der Waals surface area contributed by atoms with Crippen molar-refractivity contribution < 1.29 is 9.53 Å². The number of aromatic nitrogens is 3. The molecule has 0 saturated carbocycles. The number of carbonyl (C=O) groups excluding carboxylic acids is 1. The third-order valence-electron chi connectivity index (χ3n) is 4.14. The second kappa shape index (κ2) is 7.67. The van der Waals surface area contributed by atoms with Crippen LogP contribution in [0.25, 0.3) is 21.1 Å². The highest BCUT2D eigenvalue weighted by atomic mass is 32.1. The maximum absolute atomic E-state index is 12.0. The van der Waals surface area contributed by atoms with Crippen LogP contribution < -0.4 is 5.56 Å². The van der Waals surface area contributed by atoms with Crippen LogP contribution in [0.4, 0.5) is 0 Å². The third-order valence-corrected chi connectivity index (χ3v) is 5.24. The lowest BCUT2D eigenvalue weighted by atomic mass is 10.2. The normalized spacial score (nSPS) is 11.1. The topological polar surface area (TPSA) is 84.9 Å². The van der Waals surface area contributed by atoms with E-state index in [1.165, 1.54) is 0 Å². The van der Waals surface area contributed by atoms with Crippen LogP contribution in [0.1, 0.15) is 23.7 Å². The van der Waals surface area contributed by atoms with E-state index in [0.717, 1.165) is 21.6 Å². The molecule has 0 aliphatic rings. The zero-order chi connectivity index (χ0) is 18.6. The Hall–Kier alpha value is -3.06. The SMILES string of the molecule is O=C(CCCc1nc2ccccc2s1)OCc1nc2ccccc2c(=O)[nH]1. The van der Waals surface area contributed by atoms with Gasteiger partial charge in [-0.15, -0.1) is 11.3 Å². The summed E-state index contributed by atoms with van der Waals surface area (Å²) in [6.45, 7) is -0.0416. The zero-order valence-electron chi connectivity index (χ0n) is 14.5. The number of ether oxygens (including phenoxy) is 1. The Kier molecular flexibility index (Phi) is 4.93. The van der Waals surface area contributed by atoms with Gasteiger partial charge in [0.1, 0.15) is 12.4 Å². The summed E-state index contributed by atoms with van der Waals surface area (Å²) in [5, 5.41) is 1.54. The van der Waals surface area contributed by atoms with Crippen molar-refractivity contribution in [3.05, 3.63) is 69.7 Å². The Morgan fingerprint density at radius 2 is 1.81 bits per heavy atom. The molecule has 0 fully saturated rings. The van der Waals surface area contributed by atoms with Crippen molar-refractivity contribution >= 4 is 38.4 Å². The van der Waals surface area contributed by atoms with Crippen molar-refractivity contribution in [1.82, 2.24) is 15.0 Å². The third kappa shape index (κ3) is 4.03. The van der Waals surface area contributed by atoms with E-state index >= 15 is 0 Å². The first kappa shape index (κ1) is 17.4. The first-order valence-corrected chi connectivity index (χ1v) is 9.49. The molecule has 2 heterocycles. The van der Waals surface area contributed by atoms with E-state index in [1.54, 1.807) is 29.5 Å². The molecule has 0 spiro atoms. The predicted octanol–water partition coefficient (Wildman–Crippen LogP) is 3.60. The average Bonchev–Trinajstić information content (AvgIpc) is 3.09. The van der Waals surface area contributed by atoms with Crippen molar-refractivity contribution in [2.24, 2.45) is 0 Å². The Labute approximate surface area is 158 Å². The van der Waals surface area contributed by atoms with Crippen LogP contribution in [0.3, 0.4) is 0 Å². The molecule has 4 rings (SSSR count). The van der Waals surface area contributed by atoms with E-state index in [-0.39, 0.29) is 18.1 Å². The highest BCUT2D eigenvalue weighted by Crippen LogP contribution is 2.22. The number of H-pyrrole nitrogens is 1. The molecular weight excluding hydrogens is 362 g/mol. The minimum Gasteiger partial charge on any atom is -0.458 e. The molecule has 0 amide bonds. The van der Waals surface area contributed by atoms with E-state index in [1.807, 2.05) is 30.3 Å². The number of nitrogens with one attached hydrogen (secondary N) is 1. The zero-order valence-corrected chi connectivity index (χ0v) is 15.3. The average molecular weight is 379 g/mol. The molecule has 2 aromatic heterocycles. The Balaban J connectivity index is 1.30. The second-order valence-electron chi connectivity index (χ2n) is 6.12. The molecular formula is C20H17N3O3S. The molecule has 7 heteroatoms. The number of nitrogens with zero attached hydrogens (tertiary/aromatic N) is 2. The molecule has 0 saturated heterocycles. The quantitative estimate of drug-likeness (QED) is 0.518. The maximum atomic E-state index is 12.0. The summed E-state index contributed by atoms with van der Waals surface area (Å²) in [5.74, 6) is 0.0325. The second-order valence-corrected chi connectivity index (χ2v) is 7.23. The van der Waals surface area contributed by atoms with Crippen LogP contribution in [0, 0.1) is 0 Å². The monoisotopic (exact) mass is 379 g/mol. The van der Waals surface area contributed by atoms with Crippen LogP contribution in [-0.4, -0.2) is 20.9 Å². The van der Waals surface area contributed by atoms with Crippen molar-refractivity contribution in [3.63, 3.8) is 0 Å². The van der Waals surface area contributed by atoms with Gasteiger partial charge in [-0.25, -0.2) is 9.97 Å². The number of thiazole rings is 1. The van der Waals surface area contributed by atoms with Gasteiger partial charge in [0.15, 0.2) is 0 Å². The van der Waals surface area contributed by atoms with Crippen molar-refractivity contribution in [3.8, 4) is 0 Å². The first-order chi connectivity index (χ1) is 13.2. The number of fused-ring (bicyclic) bond motifs is 2. The van der Waals surface area contributed by atoms with Gasteiger partial charge < -0.3 is 9.72 Å². The molecule has 2 aromatic carbocycles. The van der Waals surface area contributed by atoms with Gasteiger partial charge in [0, 0.05) is 6.42 Å². The van der Waals surface area contributed by atoms with Gasteiger partial charge in [0.05, 0.1) is 26.1 Å².